The molecule has 0 unspecified atom stereocenters. The minimum atomic E-state index is -0.503. The van der Waals surface area contributed by atoms with Crippen molar-refractivity contribution in [3.8, 4) is 5.82 Å². The molecule has 4 aromatic rings. The van der Waals surface area contributed by atoms with Gasteiger partial charge in [0.25, 0.3) is 0 Å². The van der Waals surface area contributed by atoms with E-state index in [1.807, 2.05) is 6.07 Å². The number of nitrogens with one attached hydrogen (secondary N) is 2. The molecule has 0 saturated carbocycles. The zero-order chi connectivity index (χ0) is 21.8. The molecule has 31 heavy (non-hydrogen) atoms. The summed E-state index contributed by atoms with van der Waals surface area (Å²) in [6.07, 6.45) is 3.33. The van der Waals surface area contributed by atoms with E-state index in [1.54, 1.807) is 60.4 Å². The van der Waals surface area contributed by atoms with E-state index in [1.165, 1.54) is 12.1 Å². The van der Waals surface area contributed by atoms with Crippen molar-refractivity contribution in [2.45, 2.75) is 13.3 Å². The fraction of sp³-hybridized carbons (Fsp3) is 0.0909. The summed E-state index contributed by atoms with van der Waals surface area (Å²) in [6, 6.07) is 15.0. The van der Waals surface area contributed by atoms with Gasteiger partial charge in [0.2, 0.25) is 5.91 Å². The minimum Gasteiger partial charge on any atom is -0.340 e. The summed E-state index contributed by atoms with van der Waals surface area (Å²) in [5.41, 5.74) is 1.53. The van der Waals surface area contributed by atoms with E-state index in [2.05, 4.69) is 25.7 Å². The molecule has 0 fully saturated rings. The number of nitrogens with zero attached hydrogens (tertiary/aromatic N) is 4. The lowest BCUT2D eigenvalue weighted by atomic mass is 10.1. The third-order valence-corrected chi connectivity index (χ3v) is 4.76. The highest BCUT2D eigenvalue weighted by molar-refractivity contribution is 6.31. The molecule has 0 atom stereocenters. The lowest BCUT2D eigenvalue weighted by molar-refractivity contribution is -0.115. The summed E-state index contributed by atoms with van der Waals surface area (Å²) in [7, 11) is 0. The number of halogens is 2. The van der Waals surface area contributed by atoms with Gasteiger partial charge < -0.3 is 10.6 Å². The van der Waals surface area contributed by atoms with Gasteiger partial charge in [0.15, 0.2) is 5.82 Å². The van der Waals surface area contributed by atoms with Gasteiger partial charge in [-0.3, -0.25) is 4.79 Å². The van der Waals surface area contributed by atoms with Gasteiger partial charge in [0.05, 0.1) is 6.42 Å². The van der Waals surface area contributed by atoms with E-state index in [0.29, 0.717) is 23.1 Å². The molecule has 0 saturated heterocycles. The number of benzene rings is 2. The third kappa shape index (κ3) is 5.04. The first-order valence-electron chi connectivity index (χ1n) is 9.43. The van der Waals surface area contributed by atoms with E-state index in [4.69, 9.17) is 11.6 Å². The van der Waals surface area contributed by atoms with Gasteiger partial charge in [-0.2, -0.15) is 5.10 Å². The van der Waals surface area contributed by atoms with Crippen LogP contribution < -0.4 is 10.6 Å². The van der Waals surface area contributed by atoms with Gasteiger partial charge in [0.1, 0.15) is 17.5 Å². The molecule has 0 aliphatic carbocycles. The maximum Gasteiger partial charge on any atom is 0.228 e. The number of carbonyl (C=O) groups is 1. The van der Waals surface area contributed by atoms with Crippen molar-refractivity contribution < 1.29 is 9.18 Å². The second kappa shape index (κ2) is 8.93. The molecule has 9 heteroatoms. The first kappa shape index (κ1) is 20.5. The Morgan fingerprint density at radius 3 is 2.58 bits per heavy atom. The van der Waals surface area contributed by atoms with Crippen molar-refractivity contribution in [1.82, 2.24) is 19.7 Å². The summed E-state index contributed by atoms with van der Waals surface area (Å²) < 4.78 is 15.5. The largest absolute Gasteiger partial charge is 0.340 e. The quantitative estimate of drug-likeness (QED) is 0.458. The van der Waals surface area contributed by atoms with Crippen molar-refractivity contribution in [1.29, 1.82) is 0 Å². The standard InChI is InChI=1S/C22H18ClFN6O/c1-14-26-20(13-21(27-14)30-11-3-10-25-30)28-15-6-8-16(9-7-15)29-22(31)12-17-18(23)4-2-5-19(17)24/h2-11,13H,12H2,1H3,(H,29,31)(H,26,27,28). The second-order valence-electron chi connectivity index (χ2n) is 6.74. The average molecular weight is 437 g/mol. The first-order valence-corrected chi connectivity index (χ1v) is 9.81. The maximum atomic E-state index is 13.9. The Bertz CT molecular complexity index is 1190. The topological polar surface area (TPSA) is 84.7 Å². The van der Waals surface area contributed by atoms with Crippen molar-refractivity contribution in [2.24, 2.45) is 0 Å². The number of amides is 1. The Kier molecular flexibility index (Phi) is 5.90. The zero-order valence-electron chi connectivity index (χ0n) is 16.5. The highest BCUT2D eigenvalue weighted by atomic mass is 35.5. The number of aromatic nitrogens is 4. The van der Waals surface area contributed by atoms with Crippen molar-refractivity contribution >= 4 is 34.7 Å². The van der Waals surface area contributed by atoms with Crippen LogP contribution in [0.3, 0.4) is 0 Å². The maximum absolute atomic E-state index is 13.9. The predicted molar refractivity (Wildman–Crippen MR) is 117 cm³/mol. The molecule has 2 N–H and O–H groups in total. The van der Waals surface area contributed by atoms with Crippen LogP contribution in [0.4, 0.5) is 21.6 Å². The van der Waals surface area contributed by atoms with Crippen molar-refractivity contribution in [2.75, 3.05) is 10.6 Å². The highest BCUT2D eigenvalue weighted by Gasteiger charge is 2.12. The Morgan fingerprint density at radius 2 is 1.87 bits per heavy atom. The Hall–Kier alpha value is -3.78. The summed E-state index contributed by atoms with van der Waals surface area (Å²) in [4.78, 5) is 21.0. The molecule has 1 amide bonds. The molecule has 0 aliphatic rings. The summed E-state index contributed by atoms with van der Waals surface area (Å²) >= 11 is 5.99. The molecule has 7 nitrogen and oxygen atoms in total. The molecule has 2 aromatic carbocycles. The molecule has 0 spiro atoms. The fourth-order valence-electron chi connectivity index (χ4n) is 2.99. The van der Waals surface area contributed by atoms with E-state index >= 15 is 0 Å². The molecule has 156 valence electrons. The molecule has 0 aliphatic heterocycles. The van der Waals surface area contributed by atoms with Crippen LogP contribution in [-0.4, -0.2) is 25.7 Å². The lowest BCUT2D eigenvalue weighted by Gasteiger charge is -2.10. The number of hydrogen-bond donors (Lipinski definition) is 2. The zero-order valence-corrected chi connectivity index (χ0v) is 17.3. The number of anilines is 3. The van der Waals surface area contributed by atoms with Crippen LogP contribution >= 0.6 is 11.6 Å². The van der Waals surface area contributed by atoms with Gasteiger partial charge in [-0.15, -0.1) is 0 Å². The summed E-state index contributed by atoms with van der Waals surface area (Å²) in [5, 5.41) is 10.4. The highest BCUT2D eigenvalue weighted by Crippen LogP contribution is 2.22. The fourth-order valence-corrected chi connectivity index (χ4v) is 3.22. The van der Waals surface area contributed by atoms with E-state index < -0.39 is 5.82 Å². The normalized spacial score (nSPS) is 10.7. The van der Waals surface area contributed by atoms with Crippen LogP contribution in [0.15, 0.2) is 67.0 Å². The van der Waals surface area contributed by atoms with Crippen LogP contribution in [-0.2, 0) is 11.2 Å². The van der Waals surface area contributed by atoms with E-state index in [9.17, 15) is 9.18 Å². The Balaban J connectivity index is 1.42. The van der Waals surface area contributed by atoms with Crippen LogP contribution in [0.25, 0.3) is 5.82 Å². The molecule has 0 bridgehead atoms. The van der Waals surface area contributed by atoms with Crippen LogP contribution in [0, 0.1) is 12.7 Å². The van der Waals surface area contributed by atoms with Gasteiger partial charge in [-0.25, -0.2) is 19.0 Å². The molecular weight excluding hydrogens is 419 g/mol. The molecule has 4 rings (SSSR count). The van der Waals surface area contributed by atoms with Crippen LogP contribution in [0.5, 0.6) is 0 Å². The van der Waals surface area contributed by atoms with Crippen LogP contribution in [0.1, 0.15) is 11.4 Å². The van der Waals surface area contributed by atoms with Crippen molar-refractivity contribution in [3.05, 3.63) is 89.2 Å². The number of carbonyl (C=O) groups excluding carboxylic acids is 1. The predicted octanol–water partition coefficient (Wildman–Crippen LogP) is 4.69. The molecule has 2 heterocycles. The van der Waals surface area contributed by atoms with Gasteiger partial charge in [-0.05, 0) is 49.4 Å². The van der Waals surface area contributed by atoms with E-state index in [-0.39, 0.29) is 22.9 Å². The number of aryl methyl sites for hydroxylation is 1. The minimum absolute atomic E-state index is 0.151. The van der Waals surface area contributed by atoms with Gasteiger partial charge in [-0.1, -0.05) is 17.7 Å². The number of hydrogen-bond acceptors (Lipinski definition) is 5. The monoisotopic (exact) mass is 436 g/mol. The van der Waals surface area contributed by atoms with Gasteiger partial charge in [0, 0.05) is 40.4 Å². The smallest absolute Gasteiger partial charge is 0.228 e. The van der Waals surface area contributed by atoms with Gasteiger partial charge >= 0.3 is 0 Å². The Morgan fingerprint density at radius 1 is 1.10 bits per heavy atom. The molecular formula is C22H18ClFN6O. The molecule has 2 aromatic heterocycles. The summed E-state index contributed by atoms with van der Waals surface area (Å²) in [5.74, 6) is 1.01. The average Bonchev–Trinajstić information content (AvgIpc) is 3.27. The van der Waals surface area contributed by atoms with Crippen LogP contribution in [0.2, 0.25) is 5.02 Å². The first-order chi connectivity index (χ1) is 15.0. The number of rotatable bonds is 6. The van der Waals surface area contributed by atoms with Crippen molar-refractivity contribution in [3.63, 3.8) is 0 Å². The third-order valence-electron chi connectivity index (χ3n) is 4.40. The Labute approximate surface area is 182 Å². The summed E-state index contributed by atoms with van der Waals surface area (Å²) in [6.45, 7) is 1.80. The molecule has 0 radical (unpaired) electrons. The van der Waals surface area contributed by atoms with E-state index in [0.717, 1.165) is 5.69 Å². The SMILES string of the molecule is Cc1nc(Nc2ccc(NC(=O)Cc3c(F)cccc3Cl)cc2)cc(-n2cccn2)n1. The second-order valence-corrected chi connectivity index (χ2v) is 7.14. The lowest BCUT2D eigenvalue weighted by Crippen LogP contribution is -2.15.